The summed E-state index contributed by atoms with van der Waals surface area (Å²) >= 11 is 0. The maximum absolute atomic E-state index is 13.9. The monoisotopic (exact) mass is 470 g/mol. The Hall–Kier alpha value is -2.51. The summed E-state index contributed by atoms with van der Waals surface area (Å²) < 4.78 is 27.7. The van der Waals surface area contributed by atoms with Crippen molar-refractivity contribution in [1.82, 2.24) is 9.80 Å². The highest BCUT2D eigenvalue weighted by Crippen LogP contribution is 2.32. The lowest BCUT2D eigenvalue weighted by Gasteiger charge is -2.40. The molecule has 7 heteroatoms. The number of benzene rings is 2. The van der Waals surface area contributed by atoms with Crippen LogP contribution in [0, 0.1) is 11.6 Å². The molecule has 0 bridgehead atoms. The number of carbonyl (C=O) groups is 1. The van der Waals surface area contributed by atoms with Gasteiger partial charge in [-0.3, -0.25) is 14.6 Å². The van der Waals surface area contributed by atoms with Crippen molar-refractivity contribution in [3.05, 3.63) is 59.2 Å². The van der Waals surface area contributed by atoms with Crippen LogP contribution >= 0.6 is 0 Å². The lowest BCUT2D eigenvalue weighted by molar-refractivity contribution is -0.129. The first-order valence-corrected chi connectivity index (χ1v) is 12.4. The smallest absolute Gasteiger partial charge is 0.166 e. The van der Waals surface area contributed by atoms with Gasteiger partial charge in [-0.15, -0.1) is 0 Å². The molecule has 2 unspecified atom stereocenters. The second kappa shape index (κ2) is 10.4. The fourth-order valence-corrected chi connectivity index (χ4v) is 5.54. The first-order valence-electron chi connectivity index (χ1n) is 12.4. The summed E-state index contributed by atoms with van der Waals surface area (Å²) in [5.41, 5.74) is 13.6. The number of hydrogen-bond donors (Lipinski definition) is 2. The average molecular weight is 471 g/mol. The number of ketones is 1. The Morgan fingerprint density at radius 3 is 1.44 bits per heavy atom. The van der Waals surface area contributed by atoms with Gasteiger partial charge in [0.25, 0.3) is 0 Å². The summed E-state index contributed by atoms with van der Waals surface area (Å²) in [6, 6.07) is 9.90. The van der Waals surface area contributed by atoms with Crippen LogP contribution in [0.15, 0.2) is 36.4 Å². The number of nitrogen functional groups attached to an aromatic ring is 2. The van der Waals surface area contributed by atoms with Gasteiger partial charge in [-0.1, -0.05) is 12.1 Å². The van der Waals surface area contributed by atoms with E-state index in [1.165, 1.54) is 0 Å². The Kier molecular flexibility index (Phi) is 7.53. The van der Waals surface area contributed by atoms with Gasteiger partial charge in [-0.2, -0.15) is 0 Å². The van der Waals surface area contributed by atoms with Crippen LogP contribution in [0.4, 0.5) is 20.2 Å². The Bertz CT molecular complexity index is 934. The third-order valence-electron chi connectivity index (χ3n) is 7.97. The van der Waals surface area contributed by atoms with Gasteiger partial charge in [0, 0.05) is 0 Å². The summed E-state index contributed by atoms with van der Waals surface area (Å²) in [7, 11) is 0. The van der Waals surface area contributed by atoms with E-state index in [2.05, 4.69) is 9.80 Å². The van der Waals surface area contributed by atoms with Gasteiger partial charge < -0.3 is 11.5 Å². The summed E-state index contributed by atoms with van der Waals surface area (Å²) in [6.07, 6.45) is 3.61. The lowest BCUT2D eigenvalue weighted by Crippen LogP contribution is -2.52. The van der Waals surface area contributed by atoms with E-state index in [4.69, 9.17) is 11.5 Å². The summed E-state index contributed by atoms with van der Waals surface area (Å²) in [5, 5.41) is 0. The van der Waals surface area contributed by atoms with Crippen LogP contribution in [0.2, 0.25) is 0 Å². The molecule has 2 fully saturated rings. The molecule has 2 atom stereocenters. The molecule has 4 N–H and O–H groups in total. The zero-order valence-electron chi connectivity index (χ0n) is 20.1. The van der Waals surface area contributed by atoms with Crippen LogP contribution < -0.4 is 11.5 Å². The van der Waals surface area contributed by atoms with Crippen LogP contribution in [0.25, 0.3) is 0 Å². The molecule has 0 aliphatic carbocycles. The molecule has 34 heavy (non-hydrogen) atoms. The predicted octanol–water partition coefficient (Wildman–Crippen LogP) is 4.53. The molecule has 0 amide bonds. The number of Topliss-reactive ketones (excluding diaryl/α,β-unsaturated/α-hetero) is 1. The van der Waals surface area contributed by atoms with Crippen molar-refractivity contribution < 1.29 is 13.6 Å². The number of halogens is 2. The number of rotatable bonds is 6. The van der Waals surface area contributed by atoms with Crippen molar-refractivity contribution in [1.29, 1.82) is 0 Å². The Labute approximate surface area is 201 Å². The van der Waals surface area contributed by atoms with E-state index in [1.54, 1.807) is 24.3 Å². The van der Waals surface area contributed by atoms with Gasteiger partial charge in [0.1, 0.15) is 11.6 Å². The molecule has 184 valence electrons. The van der Waals surface area contributed by atoms with Crippen LogP contribution in [-0.4, -0.2) is 53.8 Å². The van der Waals surface area contributed by atoms with Crippen molar-refractivity contribution in [2.24, 2.45) is 0 Å². The second-order valence-electron chi connectivity index (χ2n) is 9.94. The van der Waals surface area contributed by atoms with Crippen molar-refractivity contribution >= 4 is 17.2 Å². The van der Waals surface area contributed by atoms with Gasteiger partial charge in [0.05, 0.1) is 23.5 Å². The van der Waals surface area contributed by atoms with Crippen molar-refractivity contribution in [3.8, 4) is 0 Å². The number of carbonyl (C=O) groups excluding carboxylic acids is 1. The van der Waals surface area contributed by atoms with Crippen LogP contribution in [-0.2, 0) is 4.79 Å². The minimum atomic E-state index is -0.359. The standard InChI is InChI=1S/C27H36F2N4O/c1-17(32-11-7-19(8-12-32)21-3-5-25(30)23(28)15-21)27(34)18(2)33-13-9-20(10-14-33)22-4-6-26(31)24(29)16-22/h3-6,15-20H,7-14,30-31H2,1-2H3. The van der Waals surface area contributed by atoms with Gasteiger partial charge in [0.2, 0.25) is 0 Å². The van der Waals surface area contributed by atoms with Crippen LogP contribution in [0.3, 0.4) is 0 Å². The topological polar surface area (TPSA) is 75.6 Å². The van der Waals surface area contributed by atoms with Crippen molar-refractivity contribution in [3.63, 3.8) is 0 Å². The van der Waals surface area contributed by atoms with Crippen LogP contribution in [0.5, 0.6) is 0 Å². The third kappa shape index (κ3) is 5.26. The first-order chi connectivity index (χ1) is 16.2. The molecular weight excluding hydrogens is 434 g/mol. The maximum Gasteiger partial charge on any atom is 0.166 e. The highest BCUT2D eigenvalue weighted by atomic mass is 19.1. The molecule has 2 aromatic rings. The number of anilines is 2. The number of piperidine rings is 2. The molecule has 0 saturated carbocycles. The second-order valence-corrected chi connectivity index (χ2v) is 9.94. The van der Waals surface area contributed by atoms with Gasteiger partial charge in [-0.05, 0) is 113 Å². The molecular formula is C27H36F2N4O. The fourth-order valence-electron chi connectivity index (χ4n) is 5.54. The molecule has 2 aliphatic heterocycles. The number of likely N-dealkylation sites (tertiary alicyclic amines) is 2. The average Bonchev–Trinajstić information content (AvgIpc) is 2.86. The molecule has 2 heterocycles. The normalized spacial score (nSPS) is 20.8. The lowest BCUT2D eigenvalue weighted by atomic mass is 9.87. The predicted molar refractivity (Wildman–Crippen MR) is 133 cm³/mol. The summed E-state index contributed by atoms with van der Waals surface area (Å²) in [6.45, 7) is 7.29. The molecule has 0 aromatic heterocycles. The van der Waals surface area contributed by atoms with E-state index in [1.807, 2.05) is 26.0 Å². The Morgan fingerprint density at radius 2 is 1.12 bits per heavy atom. The SMILES string of the molecule is CC(C(=O)C(C)N1CCC(c2ccc(N)c(F)c2)CC1)N1CCC(c2ccc(N)c(F)c2)CC1. The molecule has 2 saturated heterocycles. The van der Waals surface area contributed by atoms with Gasteiger partial charge in [-0.25, -0.2) is 8.78 Å². The van der Waals surface area contributed by atoms with E-state index in [0.717, 1.165) is 63.0 Å². The molecule has 5 nitrogen and oxygen atoms in total. The molecule has 2 aliphatic rings. The zero-order chi connectivity index (χ0) is 24.4. The molecule has 0 radical (unpaired) electrons. The van der Waals surface area contributed by atoms with E-state index in [0.29, 0.717) is 11.8 Å². The van der Waals surface area contributed by atoms with Gasteiger partial charge >= 0.3 is 0 Å². The maximum atomic E-state index is 13.9. The number of nitrogens with zero attached hydrogens (tertiary/aromatic N) is 2. The van der Waals surface area contributed by atoms with Crippen LogP contribution in [0.1, 0.15) is 62.5 Å². The fraction of sp³-hybridized carbons (Fsp3) is 0.519. The van der Waals surface area contributed by atoms with Gasteiger partial charge in [0.15, 0.2) is 5.78 Å². The quantitative estimate of drug-likeness (QED) is 0.607. The highest BCUT2D eigenvalue weighted by molar-refractivity contribution is 5.88. The summed E-state index contributed by atoms with van der Waals surface area (Å²) in [5.74, 6) is 0.116. The first kappa shape index (κ1) is 24.6. The number of nitrogens with two attached hydrogens (primary N) is 2. The minimum absolute atomic E-state index is 0.150. The van der Waals surface area contributed by atoms with E-state index >= 15 is 0 Å². The summed E-state index contributed by atoms with van der Waals surface area (Å²) in [4.78, 5) is 17.8. The van der Waals surface area contributed by atoms with Crippen molar-refractivity contribution in [2.75, 3.05) is 37.6 Å². The van der Waals surface area contributed by atoms with E-state index < -0.39 is 0 Å². The minimum Gasteiger partial charge on any atom is -0.396 e. The van der Waals surface area contributed by atoms with Crippen molar-refractivity contribution in [2.45, 2.75) is 63.5 Å². The number of hydrogen-bond acceptors (Lipinski definition) is 5. The highest BCUT2D eigenvalue weighted by Gasteiger charge is 2.33. The Morgan fingerprint density at radius 1 is 0.765 bits per heavy atom. The molecule has 4 rings (SSSR count). The van der Waals surface area contributed by atoms with E-state index in [-0.39, 0.29) is 40.9 Å². The third-order valence-corrected chi connectivity index (χ3v) is 7.97. The largest absolute Gasteiger partial charge is 0.396 e. The Balaban J connectivity index is 1.28. The zero-order valence-corrected chi connectivity index (χ0v) is 20.1. The van der Waals surface area contributed by atoms with E-state index in [9.17, 15) is 13.6 Å². The molecule has 0 spiro atoms. The molecule has 2 aromatic carbocycles.